The maximum atomic E-state index is 13.3. The first-order valence-corrected chi connectivity index (χ1v) is 9.79. The SMILES string of the molecule is CCOC(=O)C1=C(C)N(c2ccc(OCC)cc2)C(=O)/C1=C\c1ccccc1[N+](=O)[O-]. The van der Waals surface area contributed by atoms with Gasteiger partial charge in [-0.3, -0.25) is 19.8 Å². The van der Waals surface area contributed by atoms with Gasteiger partial charge in [-0.1, -0.05) is 12.1 Å². The lowest BCUT2D eigenvalue weighted by atomic mass is 10.0. The number of rotatable bonds is 7. The number of hydrogen-bond donors (Lipinski definition) is 0. The number of benzene rings is 2. The van der Waals surface area contributed by atoms with Crippen molar-refractivity contribution in [1.82, 2.24) is 0 Å². The number of nitrogens with zero attached hydrogens (tertiary/aromatic N) is 2. The number of allylic oxidation sites excluding steroid dienone is 1. The Bertz CT molecular complexity index is 1090. The van der Waals surface area contributed by atoms with Gasteiger partial charge in [-0.25, -0.2) is 4.79 Å². The molecule has 1 aliphatic rings. The lowest BCUT2D eigenvalue weighted by Gasteiger charge is -2.18. The third-order valence-corrected chi connectivity index (χ3v) is 4.72. The number of carbonyl (C=O) groups excluding carboxylic acids is 2. The van der Waals surface area contributed by atoms with Gasteiger partial charge in [0.1, 0.15) is 5.75 Å². The Morgan fingerprint density at radius 3 is 2.39 bits per heavy atom. The van der Waals surface area contributed by atoms with Crippen molar-refractivity contribution in [3.05, 3.63) is 81.1 Å². The van der Waals surface area contributed by atoms with E-state index in [1.54, 1.807) is 44.2 Å². The predicted octanol–water partition coefficient (Wildman–Crippen LogP) is 4.26. The van der Waals surface area contributed by atoms with Crippen LogP contribution in [0.4, 0.5) is 11.4 Å². The molecule has 0 unspecified atom stereocenters. The zero-order chi connectivity index (χ0) is 22.5. The van der Waals surface area contributed by atoms with Crippen LogP contribution in [0.15, 0.2) is 65.4 Å². The molecular weight excluding hydrogens is 400 g/mol. The molecule has 0 atom stereocenters. The molecular formula is C23H22N2O6. The summed E-state index contributed by atoms with van der Waals surface area (Å²) in [6.45, 7) is 5.82. The van der Waals surface area contributed by atoms with E-state index in [0.717, 1.165) is 0 Å². The zero-order valence-corrected chi connectivity index (χ0v) is 17.5. The molecule has 8 heteroatoms. The smallest absolute Gasteiger partial charge is 0.340 e. The van der Waals surface area contributed by atoms with Gasteiger partial charge in [-0.15, -0.1) is 0 Å². The van der Waals surface area contributed by atoms with E-state index in [2.05, 4.69) is 0 Å². The summed E-state index contributed by atoms with van der Waals surface area (Å²) >= 11 is 0. The first-order valence-electron chi connectivity index (χ1n) is 9.79. The highest BCUT2D eigenvalue weighted by atomic mass is 16.6. The minimum Gasteiger partial charge on any atom is -0.494 e. The molecule has 0 aromatic heterocycles. The van der Waals surface area contributed by atoms with Crippen LogP contribution in [0.25, 0.3) is 6.08 Å². The number of para-hydroxylation sites is 1. The first-order chi connectivity index (χ1) is 14.9. The number of hydrogen-bond acceptors (Lipinski definition) is 6. The van der Waals surface area contributed by atoms with Crippen LogP contribution in [-0.4, -0.2) is 30.0 Å². The van der Waals surface area contributed by atoms with Gasteiger partial charge in [0.05, 0.1) is 34.8 Å². The lowest BCUT2D eigenvalue weighted by Crippen LogP contribution is -2.24. The van der Waals surface area contributed by atoms with Crippen LogP contribution in [0.5, 0.6) is 5.75 Å². The molecule has 0 fully saturated rings. The molecule has 2 aromatic carbocycles. The second kappa shape index (κ2) is 9.25. The summed E-state index contributed by atoms with van der Waals surface area (Å²) in [5.41, 5.74) is 1.11. The van der Waals surface area contributed by atoms with Gasteiger partial charge >= 0.3 is 5.97 Å². The number of esters is 1. The van der Waals surface area contributed by atoms with E-state index in [0.29, 0.717) is 23.7 Å². The second-order valence-electron chi connectivity index (χ2n) is 6.62. The molecule has 0 aliphatic carbocycles. The van der Waals surface area contributed by atoms with Gasteiger partial charge in [0.15, 0.2) is 0 Å². The summed E-state index contributed by atoms with van der Waals surface area (Å²) in [4.78, 5) is 38.3. The Balaban J connectivity index is 2.12. The van der Waals surface area contributed by atoms with Crippen molar-refractivity contribution in [3.8, 4) is 5.75 Å². The molecule has 3 rings (SSSR count). The van der Waals surface area contributed by atoms with Gasteiger partial charge in [0, 0.05) is 17.5 Å². The van der Waals surface area contributed by atoms with E-state index >= 15 is 0 Å². The fraction of sp³-hybridized carbons (Fsp3) is 0.217. The molecule has 0 saturated heterocycles. The minimum atomic E-state index is -0.661. The fourth-order valence-electron chi connectivity index (χ4n) is 3.38. The average molecular weight is 422 g/mol. The van der Waals surface area contributed by atoms with Crippen molar-refractivity contribution < 1.29 is 24.0 Å². The van der Waals surface area contributed by atoms with Crippen molar-refractivity contribution in [2.24, 2.45) is 0 Å². The molecule has 1 amide bonds. The van der Waals surface area contributed by atoms with Crippen LogP contribution < -0.4 is 9.64 Å². The quantitative estimate of drug-likeness (QED) is 0.286. The van der Waals surface area contributed by atoms with Crippen LogP contribution >= 0.6 is 0 Å². The van der Waals surface area contributed by atoms with Crippen LogP contribution in [0.1, 0.15) is 26.3 Å². The van der Waals surface area contributed by atoms with Gasteiger partial charge in [-0.2, -0.15) is 0 Å². The summed E-state index contributed by atoms with van der Waals surface area (Å²) in [6, 6.07) is 12.9. The zero-order valence-electron chi connectivity index (χ0n) is 17.5. The highest BCUT2D eigenvalue weighted by molar-refractivity contribution is 6.24. The monoisotopic (exact) mass is 422 g/mol. The maximum Gasteiger partial charge on any atom is 0.340 e. The summed E-state index contributed by atoms with van der Waals surface area (Å²) < 4.78 is 10.6. The molecule has 0 N–H and O–H groups in total. The van der Waals surface area contributed by atoms with Crippen molar-refractivity contribution in [2.45, 2.75) is 20.8 Å². The molecule has 8 nitrogen and oxygen atoms in total. The molecule has 0 bridgehead atoms. The number of ether oxygens (including phenoxy) is 2. The molecule has 160 valence electrons. The van der Waals surface area contributed by atoms with Gasteiger partial charge < -0.3 is 9.47 Å². The third kappa shape index (κ3) is 4.32. The fourth-order valence-corrected chi connectivity index (χ4v) is 3.38. The number of carbonyl (C=O) groups is 2. The van der Waals surface area contributed by atoms with E-state index in [1.165, 1.54) is 29.2 Å². The summed E-state index contributed by atoms with van der Waals surface area (Å²) in [6.07, 6.45) is 1.37. The summed E-state index contributed by atoms with van der Waals surface area (Å²) in [5.74, 6) is -0.477. The van der Waals surface area contributed by atoms with Crippen molar-refractivity contribution >= 4 is 29.3 Å². The summed E-state index contributed by atoms with van der Waals surface area (Å²) in [7, 11) is 0. The molecule has 1 aliphatic heterocycles. The minimum absolute atomic E-state index is 0.0409. The summed E-state index contributed by atoms with van der Waals surface area (Å²) in [5, 5.41) is 11.4. The molecule has 0 radical (unpaired) electrons. The van der Waals surface area contributed by atoms with Crippen molar-refractivity contribution in [2.75, 3.05) is 18.1 Å². The molecule has 0 saturated carbocycles. The number of anilines is 1. The normalized spacial score (nSPS) is 14.9. The highest BCUT2D eigenvalue weighted by Crippen LogP contribution is 2.37. The molecule has 0 spiro atoms. The third-order valence-electron chi connectivity index (χ3n) is 4.72. The van der Waals surface area contributed by atoms with Crippen LogP contribution in [0, 0.1) is 10.1 Å². The van der Waals surface area contributed by atoms with Crippen LogP contribution in [0.3, 0.4) is 0 Å². The van der Waals surface area contributed by atoms with E-state index in [-0.39, 0.29) is 29.0 Å². The van der Waals surface area contributed by atoms with Gasteiger partial charge in [0.2, 0.25) is 0 Å². The average Bonchev–Trinajstić information content (AvgIpc) is 2.99. The lowest BCUT2D eigenvalue weighted by molar-refractivity contribution is -0.385. The number of amides is 1. The van der Waals surface area contributed by atoms with E-state index in [4.69, 9.17) is 9.47 Å². The Morgan fingerprint density at radius 2 is 1.77 bits per heavy atom. The second-order valence-corrected chi connectivity index (χ2v) is 6.62. The topological polar surface area (TPSA) is 99.0 Å². The largest absolute Gasteiger partial charge is 0.494 e. The van der Waals surface area contributed by atoms with Crippen LogP contribution in [0.2, 0.25) is 0 Å². The maximum absolute atomic E-state index is 13.3. The van der Waals surface area contributed by atoms with Crippen LogP contribution in [-0.2, 0) is 14.3 Å². The van der Waals surface area contributed by atoms with E-state index in [1.807, 2.05) is 6.92 Å². The van der Waals surface area contributed by atoms with Gasteiger partial charge in [0.25, 0.3) is 11.6 Å². The van der Waals surface area contributed by atoms with E-state index < -0.39 is 16.8 Å². The van der Waals surface area contributed by atoms with Crippen molar-refractivity contribution in [3.63, 3.8) is 0 Å². The standard InChI is InChI=1S/C23H22N2O6/c1-4-30-18-12-10-17(11-13-18)24-15(3)21(23(27)31-5-2)19(22(24)26)14-16-8-6-7-9-20(16)25(28)29/h6-14H,4-5H2,1-3H3/b19-14-. The predicted molar refractivity (Wildman–Crippen MR) is 116 cm³/mol. The molecule has 1 heterocycles. The highest BCUT2D eigenvalue weighted by Gasteiger charge is 2.38. The Labute approximate surface area is 179 Å². The Kier molecular flexibility index (Phi) is 6.49. The first kappa shape index (κ1) is 21.8. The Hall–Kier alpha value is -3.94. The molecule has 2 aromatic rings. The Morgan fingerprint density at radius 1 is 1.10 bits per heavy atom. The number of nitro groups is 1. The number of nitro benzene ring substituents is 1. The van der Waals surface area contributed by atoms with Crippen molar-refractivity contribution in [1.29, 1.82) is 0 Å². The molecule has 31 heavy (non-hydrogen) atoms. The van der Waals surface area contributed by atoms with E-state index in [9.17, 15) is 19.7 Å². The van der Waals surface area contributed by atoms with Gasteiger partial charge in [-0.05, 0) is 57.2 Å².